The Labute approximate surface area is 80.9 Å². The van der Waals surface area contributed by atoms with Crippen molar-refractivity contribution in [2.45, 2.75) is 34.2 Å². The van der Waals surface area contributed by atoms with Gasteiger partial charge in [-0.1, -0.05) is 19.9 Å². The first-order chi connectivity index (χ1) is 6.29. The Bertz CT molecular complexity index is 259. The highest BCUT2D eigenvalue weighted by molar-refractivity contribution is 5.51. The minimum atomic E-state index is 0.611. The maximum Gasteiger partial charge on any atom is 0.0410 e. The first kappa shape index (κ1) is 12.0. The Balaban J connectivity index is 0.000000671. The summed E-state index contributed by atoms with van der Waals surface area (Å²) in [6, 6.07) is 0. The predicted octanol–water partition coefficient (Wildman–Crippen LogP) is 2.84. The molecular formula is C11H20N2. The number of nitrogens with one attached hydrogen (secondary N) is 1. The van der Waals surface area contributed by atoms with Crippen LogP contribution in [-0.2, 0) is 6.54 Å². The molecule has 74 valence electrons. The predicted molar refractivity (Wildman–Crippen MR) is 59.5 cm³/mol. The molecule has 13 heavy (non-hydrogen) atoms. The molecule has 0 unspecified atom stereocenters. The van der Waals surface area contributed by atoms with Crippen LogP contribution in [0.15, 0.2) is 12.3 Å². The quantitative estimate of drug-likeness (QED) is 0.722. The van der Waals surface area contributed by atoms with Gasteiger partial charge in [0, 0.05) is 18.4 Å². The van der Waals surface area contributed by atoms with Crippen LogP contribution in [0.1, 0.15) is 37.6 Å². The summed E-state index contributed by atoms with van der Waals surface area (Å²) in [5, 5.41) is 0. The van der Waals surface area contributed by atoms with Gasteiger partial charge in [0.2, 0.25) is 0 Å². The number of nitrogens with two attached hydrogens (primary N) is 1. The number of hydrogen-bond acceptors (Lipinski definition) is 1. The minimum absolute atomic E-state index is 0.611. The van der Waals surface area contributed by atoms with E-state index in [0.717, 1.165) is 5.69 Å². The van der Waals surface area contributed by atoms with Crippen LogP contribution in [0.3, 0.4) is 0 Å². The first-order valence-electron chi connectivity index (χ1n) is 4.79. The highest BCUT2D eigenvalue weighted by Gasteiger charge is 2.00. The van der Waals surface area contributed by atoms with E-state index in [2.05, 4.69) is 18.0 Å². The number of aromatic nitrogens is 1. The van der Waals surface area contributed by atoms with Crippen LogP contribution in [-0.4, -0.2) is 4.98 Å². The molecule has 0 aromatic carbocycles. The summed E-state index contributed by atoms with van der Waals surface area (Å²) >= 11 is 0. The maximum absolute atomic E-state index is 5.52. The van der Waals surface area contributed by atoms with Crippen molar-refractivity contribution in [2.75, 3.05) is 0 Å². The average molecular weight is 180 g/mol. The van der Waals surface area contributed by atoms with E-state index < -0.39 is 0 Å². The molecular weight excluding hydrogens is 160 g/mol. The van der Waals surface area contributed by atoms with Gasteiger partial charge < -0.3 is 10.7 Å². The molecule has 3 N–H and O–H groups in total. The lowest BCUT2D eigenvalue weighted by Gasteiger charge is -1.93. The molecule has 0 aliphatic rings. The molecule has 2 heteroatoms. The van der Waals surface area contributed by atoms with Crippen molar-refractivity contribution in [1.29, 1.82) is 0 Å². The third-order valence-corrected chi connectivity index (χ3v) is 1.84. The molecule has 1 aromatic heterocycles. The Morgan fingerprint density at radius 1 is 1.46 bits per heavy atom. The Morgan fingerprint density at radius 3 is 2.46 bits per heavy atom. The van der Waals surface area contributed by atoms with E-state index in [-0.39, 0.29) is 0 Å². The third kappa shape index (κ3) is 3.07. The molecule has 0 bridgehead atoms. The number of rotatable bonds is 2. The molecule has 1 heterocycles. The molecule has 1 rings (SSSR count). The zero-order chi connectivity index (χ0) is 10.3. The summed E-state index contributed by atoms with van der Waals surface area (Å²) in [5.74, 6) is 0. The van der Waals surface area contributed by atoms with Crippen LogP contribution in [0, 0.1) is 6.92 Å². The van der Waals surface area contributed by atoms with Crippen LogP contribution in [0.2, 0.25) is 0 Å². The third-order valence-electron chi connectivity index (χ3n) is 1.84. The second-order valence-corrected chi connectivity index (χ2v) is 2.56. The van der Waals surface area contributed by atoms with Crippen molar-refractivity contribution in [3.63, 3.8) is 0 Å². The van der Waals surface area contributed by atoms with Crippen LogP contribution < -0.4 is 5.73 Å². The Kier molecular flexibility index (Phi) is 5.98. The van der Waals surface area contributed by atoms with Gasteiger partial charge in [0.25, 0.3) is 0 Å². The van der Waals surface area contributed by atoms with E-state index in [1.807, 2.05) is 33.0 Å². The number of allylic oxidation sites excluding steroid dienone is 1. The van der Waals surface area contributed by atoms with Gasteiger partial charge in [-0.05, 0) is 31.1 Å². The van der Waals surface area contributed by atoms with Gasteiger partial charge in [-0.2, -0.15) is 0 Å². The summed E-state index contributed by atoms with van der Waals surface area (Å²) in [5.41, 5.74) is 9.12. The summed E-state index contributed by atoms with van der Waals surface area (Å²) in [6.45, 7) is 8.69. The molecule has 0 saturated heterocycles. The van der Waals surface area contributed by atoms with Crippen LogP contribution >= 0.6 is 0 Å². The highest BCUT2D eigenvalue weighted by Crippen LogP contribution is 2.12. The standard InChI is InChI=1S/C9H14N2.C2H6/c1-3-4-9-7(2)8(5-10)6-11-9;1-2/h3-4,6,11H,5,10H2,1-2H3;1-2H3/b4-3-;. The largest absolute Gasteiger partial charge is 0.361 e. The van der Waals surface area contributed by atoms with E-state index in [1.165, 1.54) is 11.1 Å². The summed E-state index contributed by atoms with van der Waals surface area (Å²) < 4.78 is 0. The zero-order valence-corrected chi connectivity index (χ0v) is 9.02. The second-order valence-electron chi connectivity index (χ2n) is 2.56. The number of hydrogen-bond donors (Lipinski definition) is 2. The van der Waals surface area contributed by atoms with Gasteiger partial charge in [-0.25, -0.2) is 0 Å². The van der Waals surface area contributed by atoms with E-state index in [1.54, 1.807) is 0 Å². The van der Waals surface area contributed by atoms with Gasteiger partial charge >= 0.3 is 0 Å². The molecule has 0 spiro atoms. The maximum atomic E-state index is 5.52. The zero-order valence-electron chi connectivity index (χ0n) is 9.02. The van der Waals surface area contributed by atoms with Crippen molar-refractivity contribution in [3.8, 4) is 0 Å². The van der Waals surface area contributed by atoms with Crippen LogP contribution in [0.25, 0.3) is 6.08 Å². The highest BCUT2D eigenvalue weighted by atomic mass is 14.7. The Hall–Kier alpha value is -1.02. The first-order valence-corrected chi connectivity index (χ1v) is 4.79. The average Bonchev–Trinajstić information content (AvgIpc) is 2.52. The molecule has 0 radical (unpaired) electrons. The molecule has 0 atom stereocenters. The van der Waals surface area contributed by atoms with E-state index >= 15 is 0 Å². The van der Waals surface area contributed by atoms with E-state index in [4.69, 9.17) is 5.73 Å². The lowest BCUT2D eigenvalue weighted by Crippen LogP contribution is -1.95. The van der Waals surface area contributed by atoms with Crippen LogP contribution in [0.4, 0.5) is 0 Å². The fourth-order valence-electron chi connectivity index (χ4n) is 1.11. The van der Waals surface area contributed by atoms with E-state index in [9.17, 15) is 0 Å². The summed E-state index contributed by atoms with van der Waals surface area (Å²) in [6.07, 6.45) is 6.03. The molecule has 2 nitrogen and oxygen atoms in total. The van der Waals surface area contributed by atoms with Crippen molar-refractivity contribution in [3.05, 3.63) is 29.1 Å². The van der Waals surface area contributed by atoms with Gasteiger partial charge in [0.1, 0.15) is 0 Å². The molecule has 1 aromatic rings. The van der Waals surface area contributed by atoms with Crippen molar-refractivity contribution in [1.82, 2.24) is 4.98 Å². The van der Waals surface area contributed by atoms with Gasteiger partial charge in [-0.15, -0.1) is 0 Å². The minimum Gasteiger partial charge on any atom is -0.361 e. The lowest BCUT2D eigenvalue weighted by molar-refractivity contribution is 1.06. The molecule has 0 saturated carbocycles. The van der Waals surface area contributed by atoms with Crippen molar-refractivity contribution in [2.24, 2.45) is 5.73 Å². The van der Waals surface area contributed by atoms with Crippen LogP contribution in [0.5, 0.6) is 0 Å². The number of H-pyrrole nitrogens is 1. The van der Waals surface area contributed by atoms with Gasteiger partial charge in [0.05, 0.1) is 0 Å². The molecule has 0 fully saturated rings. The Morgan fingerprint density at radius 2 is 2.08 bits per heavy atom. The second kappa shape index (κ2) is 6.49. The summed E-state index contributed by atoms with van der Waals surface area (Å²) in [4.78, 5) is 3.16. The molecule has 0 aliphatic heterocycles. The van der Waals surface area contributed by atoms with Gasteiger partial charge in [-0.3, -0.25) is 0 Å². The number of aromatic amines is 1. The summed E-state index contributed by atoms with van der Waals surface area (Å²) in [7, 11) is 0. The lowest BCUT2D eigenvalue weighted by atomic mass is 10.1. The molecule has 0 amide bonds. The van der Waals surface area contributed by atoms with Gasteiger partial charge in [0.15, 0.2) is 0 Å². The van der Waals surface area contributed by atoms with Crippen molar-refractivity contribution >= 4 is 6.08 Å². The van der Waals surface area contributed by atoms with Crippen molar-refractivity contribution < 1.29 is 0 Å². The monoisotopic (exact) mass is 180 g/mol. The SMILES string of the molecule is C/C=C\c1[nH]cc(CN)c1C.CC. The normalized spacial score (nSPS) is 9.92. The topological polar surface area (TPSA) is 41.8 Å². The fourth-order valence-corrected chi connectivity index (χ4v) is 1.11. The fraction of sp³-hybridized carbons (Fsp3) is 0.455. The van der Waals surface area contributed by atoms with E-state index in [0.29, 0.717) is 6.54 Å². The smallest absolute Gasteiger partial charge is 0.0410 e. The molecule has 0 aliphatic carbocycles.